The van der Waals surface area contributed by atoms with E-state index in [1.54, 1.807) is 6.07 Å². The van der Waals surface area contributed by atoms with Gasteiger partial charge in [0.2, 0.25) is 0 Å². The summed E-state index contributed by atoms with van der Waals surface area (Å²) >= 11 is 0. The number of piperazine rings is 1. The summed E-state index contributed by atoms with van der Waals surface area (Å²) in [5.41, 5.74) is 5.39. The number of likely N-dealkylation sites (N-methyl/N-ethyl adjacent to an activating group) is 1. The Morgan fingerprint density at radius 3 is 2.59 bits per heavy atom. The molecule has 0 aromatic heterocycles. The van der Waals surface area contributed by atoms with E-state index < -0.39 is 0 Å². The third-order valence-electron chi connectivity index (χ3n) is 8.34. The van der Waals surface area contributed by atoms with Gasteiger partial charge in [-0.25, -0.2) is 4.39 Å². The molecule has 6 heteroatoms. The fourth-order valence-corrected chi connectivity index (χ4v) is 5.81. The highest BCUT2D eigenvalue weighted by atomic mass is 19.1. The molecule has 3 aromatic rings. The first-order valence-electron chi connectivity index (χ1n) is 14.3. The molecule has 39 heavy (non-hydrogen) atoms. The second-order valence-electron chi connectivity index (χ2n) is 11.4. The van der Waals surface area contributed by atoms with Crippen molar-refractivity contribution in [2.45, 2.75) is 45.3 Å². The summed E-state index contributed by atoms with van der Waals surface area (Å²) in [5, 5.41) is 6.45. The lowest BCUT2D eigenvalue weighted by molar-refractivity contribution is 0.0950. The highest BCUT2D eigenvalue weighted by Gasteiger charge is 2.21. The normalized spacial score (nSPS) is 19.2. The Labute approximate surface area is 232 Å². The minimum atomic E-state index is -0.249. The van der Waals surface area contributed by atoms with E-state index in [9.17, 15) is 9.18 Å². The Balaban J connectivity index is 1.22. The minimum Gasteiger partial charge on any atom is -0.348 e. The number of piperidine rings is 1. The van der Waals surface area contributed by atoms with Crippen molar-refractivity contribution in [1.82, 2.24) is 20.4 Å². The van der Waals surface area contributed by atoms with Gasteiger partial charge in [-0.05, 0) is 105 Å². The predicted octanol–water partition coefficient (Wildman–Crippen LogP) is 5.10. The maximum absolute atomic E-state index is 14.9. The number of nitrogens with zero attached hydrogens (tertiary/aromatic N) is 2. The van der Waals surface area contributed by atoms with Crippen LogP contribution in [0.1, 0.15) is 46.8 Å². The molecule has 2 aliphatic heterocycles. The van der Waals surface area contributed by atoms with Gasteiger partial charge in [-0.1, -0.05) is 36.4 Å². The molecule has 2 aliphatic rings. The molecule has 0 aliphatic carbocycles. The van der Waals surface area contributed by atoms with E-state index in [1.807, 2.05) is 36.4 Å². The zero-order chi connectivity index (χ0) is 27.2. The number of hydrogen-bond acceptors (Lipinski definition) is 4. The van der Waals surface area contributed by atoms with E-state index in [1.165, 1.54) is 30.0 Å². The quantitative estimate of drug-likeness (QED) is 0.427. The molecule has 0 radical (unpaired) electrons. The second-order valence-corrected chi connectivity index (χ2v) is 11.4. The average Bonchev–Trinajstić information content (AvgIpc) is 2.95. The number of amides is 1. The van der Waals surface area contributed by atoms with Gasteiger partial charge >= 0.3 is 0 Å². The van der Waals surface area contributed by atoms with Gasteiger partial charge < -0.3 is 15.5 Å². The van der Waals surface area contributed by atoms with Crippen LogP contribution < -0.4 is 10.6 Å². The van der Waals surface area contributed by atoms with E-state index in [4.69, 9.17) is 0 Å². The largest absolute Gasteiger partial charge is 0.348 e. The molecule has 2 saturated heterocycles. The molecule has 0 unspecified atom stereocenters. The number of halogens is 1. The molecule has 5 nitrogen and oxygen atoms in total. The zero-order valence-corrected chi connectivity index (χ0v) is 23.3. The molecule has 0 spiro atoms. The smallest absolute Gasteiger partial charge is 0.251 e. The van der Waals surface area contributed by atoms with E-state index in [-0.39, 0.29) is 11.7 Å². The van der Waals surface area contributed by atoms with Crippen LogP contribution in [-0.4, -0.2) is 61.5 Å². The monoisotopic (exact) mass is 528 g/mol. The standard InChI is InChI=1S/C33H41FN4O/c1-24-22-38(16-15-37(24)2)23-28-6-4-7-29(19-28)31-20-27(9-10-32(31)34)21-36-33(39)30-8-3-5-26(18-30)17-25-11-13-35-14-12-25/h3-10,18-20,24-25,35H,11-17,21-23H2,1-2H3,(H,36,39)/t24-/m0/s1. The Bertz CT molecular complexity index is 1270. The van der Waals surface area contributed by atoms with Crippen LogP contribution in [0.5, 0.6) is 0 Å². The van der Waals surface area contributed by atoms with Crippen LogP contribution in [-0.2, 0) is 19.5 Å². The molecule has 1 atom stereocenters. The molecule has 206 valence electrons. The molecule has 0 bridgehead atoms. The van der Waals surface area contributed by atoms with Crippen LogP contribution in [0, 0.1) is 11.7 Å². The van der Waals surface area contributed by atoms with Gasteiger partial charge in [-0.3, -0.25) is 9.69 Å². The fourth-order valence-electron chi connectivity index (χ4n) is 5.81. The van der Waals surface area contributed by atoms with Crippen LogP contribution in [0.2, 0.25) is 0 Å². The van der Waals surface area contributed by atoms with Gasteiger partial charge in [-0.15, -0.1) is 0 Å². The molecular weight excluding hydrogens is 487 g/mol. The molecule has 2 heterocycles. The predicted molar refractivity (Wildman–Crippen MR) is 156 cm³/mol. The maximum Gasteiger partial charge on any atom is 0.251 e. The van der Waals surface area contributed by atoms with Crippen molar-refractivity contribution < 1.29 is 9.18 Å². The third kappa shape index (κ3) is 7.33. The number of carbonyl (C=O) groups is 1. The topological polar surface area (TPSA) is 47.6 Å². The number of hydrogen-bond donors (Lipinski definition) is 2. The van der Waals surface area contributed by atoms with Crippen LogP contribution in [0.15, 0.2) is 66.7 Å². The molecule has 0 saturated carbocycles. The van der Waals surface area contributed by atoms with Crippen molar-refractivity contribution in [2.24, 2.45) is 5.92 Å². The summed E-state index contributed by atoms with van der Waals surface area (Å²) in [6.07, 6.45) is 3.37. The Morgan fingerprint density at radius 1 is 0.974 bits per heavy atom. The number of carbonyl (C=O) groups excluding carboxylic acids is 1. The van der Waals surface area contributed by atoms with Crippen LogP contribution in [0.3, 0.4) is 0 Å². The molecule has 5 rings (SSSR count). The molecule has 2 N–H and O–H groups in total. The Kier molecular flexibility index (Phi) is 9.07. The van der Waals surface area contributed by atoms with Gasteiger partial charge in [0.25, 0.3) is 5.91 Å². The van der Waals surface area contributed by atoms with Crippen molar-refractivity contribution in [2.75, 3.05) is 39.8 Å². The summed E-state index contributed by atoms with van der Waals surface area (Å²) in [5.74, 6) is 0.323. The molecule has 2 fully saturated rings. The van der Waals surface area contributed by atoms with Gasteiger partial charge in [0.05, 0.1) is 0 Å². The molecular formula is C33H41FN4O. The SMILES string of the molecule is C[C@H]1CN(Cc2cccc(-c3cc(CNC(=O)c4cccc(CC5CCNCC5)c4)ccc3F)c2)CCN1C. The number of rotatable bonds is 8. The summed E-state index contributed by atoms with van der Waals surface area (Å²) in [4.78, 5) is 17.8. The van der Waals surface area contributed by atoms with Gasteiger partial charge in [0.15, 0.2) is 0 Å². The zero-order valence-electron chi connectivity index (χ0n) is 23.3. The van der Waals surface area contributed by atoms with Gasteiger partial charge in [0.1, 0.15) is 5.82 Å². The van der Waals surface area contributed by atoms with Crippen molar-refractivity contribution in [3.05, 3.63) is 94.8 Å². The number of nitrogens with one attached hydrogen (secondary N) is 2. The van der Waals surface area contributed by atoms with E-state index in [2.05, 4.69) is 52.6 Å². The Morgan fingerprint density at radius 2 is 1.77 bits per heavy atom. The van der Waals surface area contributed by atoms with Crippen molar-refractivity contribution in [3.63, 3.8) is 0 Å². The van der Waals surface area contributed by atoms with Crippen LogP contribution >= 0.6 is 0 Å². The van der Waals surface area contributed by atoms with E-state index in [0.717, 1.165) is 56.8 Å². The second kappa shape index (κ2) is 12.9. The Hall–Kier alpha value is -3.06. The fraction of sp³-hybridized carbons (Fsp3) is 0.424. The van der Waals surface area contributed by atoms with Crippen LogP contribution in [0.4, 0.5) is 4.39 Å². The van der Waals surface area contributed by atoms with E-state index >= 15 is 0 Å². The first kappa shape index (κ1) is 27.5. The lowest BCUT2D eigenvalue weighted by Gasteiger charge is -2.37. The summed E-state index contributed by atoms with van der Waals surface area (Å²) < 4.78 is 14.9. The summed E-state index contributed by atoms with van der Waals surface area (Å²) in [6, 6.07) is 21.8. The summed E-state index contributed by atoms with van der Waals surface area (Å²) in [6.45, 7) is 8.75. The summed E-state index contributed by atoms with van der Waals surface area (Å²) in [7, 11) is 2.17. The van der Waals surface area contributed by atoms with Gasteiger partial charge in [-0.2, -0.15) is 0 Å². The van der Waals surface area contributed by atoms with Crippen molar-refractivity contribution in [3.8, 4) is 11.1 Å². The molecule has 1 amide bonds. The van der Waals surface area contributed by atoms with Gasteiger partial charge in [0, 0.05) is 49.9 Å². The lowest BCUT2D eigenvalue weighted by atomic mass is 9.90. The first-order valence-corrected chi connectivity index (χ1v) is 14.3. The van der Waals surface area contributed by atoms with Crippen LogP contribution in [0.25, 0.3) is 11.1 Å². The number of benzene rings is 3. The van der Waals surface area contributed by atoms with Crippen molar-refractivity contribution in [1.29, 1.82) is 0 Å². The highest BCUT2D eigenvalue weighted by molar-refractivity contribution is 5.94. The lowest BCUT2D eigenvalue weighted by Crippen LogP contribution is -2.49. The first-order chi connectivity index (χ1) is 18.9. The maximum atomic E-state index is 14.9. The minimum absolute atomic E-state index is 0.101. The highest BCUT2D eigenvalue weighted by Crippen LogP contribution is 2.26. The third-order valence-corrected chi connectivity index (χ3v) is 8.34. The van der Waals surface area contributed by atoms with E-state index in [0.29, 0.717) is 29.6 Å². The van der Waals surface area contributed by atoms with Crippen molar-refractivity contribution >= 4 is 5.91 Å². The molecule has 3 aromatic carbocycles. The average molecular weight is 529 g/mol.